The molecule has 0 saturated carbocycles. The van der Waals surface area contributed by atoms with Crippen LogP contribution in [0.3, 0.4) is 0 Å². The standard InChI is InChI=1S/C16H10N5.C11H8N.Ir/c1-3-7-12(8-4-1)16-18-15-14(11-17-20-19-15)21(16)13-9-5-2-6-10-13;1-2-6-10(7-3-1)11-8-4-5-9-12-11;/h1-7,9-11H;1-6,8-9H;/q2*-1;. The Kier molecular flexibility index (Phi) is 7.60. The van der Waals surface area contributed by atoms with Gasteiger partial charge in [-0.2, -0.15) is 0 Å². The van der Waals surface area contributed by atoms with Crippen LogP contribution in [0.15, 0.2) is 109 Å². The van der Waals surface area contributed by atoms with Gasteiger partial charge in [0.15, 0.2) is 5.65 Å². The van der Waals surface area contributed by atoms with Gasteiger partial charge in [0.2, 0.25) is 0 Å². The first kappa shape index (κ1) is 23.1. The summed E-state index contributed by atoms with van der Waals surface area (Å²) in [5, 5.41) is 11.5. The Morgan fingerprint density at radius 2 is 1.41 bits per heavy atom. The summed E-state index contributed by atoms with van der Waals surface area (Å²) in [7, 11) is 0. The number of hydrogen-bond donors (Lipinski definition) is 0. The number of imidazole rings is 1. The molecule has 0 saturated heterocycles. The van der Waals surface area contributed by atoms with Crippen LogP contribution in [0.4, 0.5) is 0 Å². The Morgan fingerprint density at radius 3 is 2.09 bits per heavy atom. The molecular formula is C27H18IrN6-2. The number of nitrogens with zero attached hydrogens (tertiary/aromatic N) is 6. The number of hydrogen-bond acceptors (Lipinski definition) is 5. The first-order valence-electron chi connectivity index (χ1n) is 10.4. The Morgan fingerprint density at radius 1 is 0.706 bits per heavy atom. The molecule has 3 aromatic carbocycles. The fraction of sp³-hybridized carbons (Fsp3) is 0. The van der Waals surface area contributed by atoms with Gasteiger partial charge in [0.05, 0.1) is 12.0 Å². The largest absolute Gasteiger partial charge is 0.330 e. The monoisotopic (exact) mass is 619 g/mol. The van der Waals surface area contributed by atoms with Crippen LogP contribution in [-0.4, -0.2) is 29.9 Å². The molecule has 0 atom stereocenters. The molecule has 0 aliphatic carbocycles. The predicted molar refractivity (Wildman–Crippen MR) is 127 cm³/mol. The fourth-order valence-corrected chi connectivity index (χ4v) is 3.39. The van der Waals surface area contributed by atoms with Crippen LogP contribution in [-0.2, 0) is 20.1 Å². The summed E-state index contributed by atoms with van der Waals surface area (Å²) in [4.78, 5) is 8.80. The molecule has 0 unspecified atom stereocenters. The average molecular weight is 619 g/mol. The number of rotatable bonds is 3. The fourth-order valence-electron chi connectivity index (χ4n) is 3.39. The molecule has 0 spiro atoms. The predicted octanol–water partition coefficient (Wildman–Crippen LogP) is 5.22. The number of fused-ring (bicyclic) bond motifs is 1. The Bertz CT molecular complexity index is 1400. The van der Waals surface area contributed by atoms with Crippen LogP contribution in [0.2, 0.25) is 0 Å². The summed E-state index contributed by atoms with van der Waals surface area (Å²) >= 11 is 0. The van der Waals surface area contributed by atoms with Crippen molar-refractivity contribution in [1.29, 1.82) is 0 Å². The quantitative estimate of drug-likeness (QED) is 0.255. The average Bonchev–Trinajstić information content (AvgIpc) is 3.31. The normalized spacial score (nSPS) is 10.1. The van der Waals surface area contributed by atoms with Gasteiger partial charge in [0, 0.05) is 32.0 Å². The number of aromatic nitrogens is 6. The minimum atomic E-state index is 0. The Hall–Kier alpha value is -4.06. The minimum Gasteiger partial charge on any atom is -0.330 e. The summed E-state index contributed by atoms with van der Waals surface area (Å²) in [6, 6.07) is 37.8. The van der Waals surface area contributed by atoms with Crippen molar-refractivity contribution in [2.75, 3.05) is 0 Å². The van der Waals surface area contributed by atoms with Gasteiger partial charge in [-0.25, -0.2) is 0 Å². The van der Waals surface area contributed by atoms with E-state index in [4.69, 9.17) is 0 Å². The summed E-state index contributed by atoms with van der Waals surface area (Å²) in [5.41, 5.74) is 5.31. The Balaban J connectivity index is 0.000000180. The van der Waals surface area contributed by atoms with Crippen molar-refractivity contribution in [3.05, 3.63) is 122 Å². The van der Waals surface area contributed by atoms with Gasteiger partial charge in [-0.1, -0.05) is 30.3 Å². The molecule has 34 heavy (non-hydrogen) atoms. The van der Waals surface area contributed by atoms with Crippen LogP contribution in [0, 0.1) is 12.1 Å². The molecule has 0 N–H and O–H groups in total. The molecule has 6 nitrogen and oxygen atoms in total. The minimum absolute atomic E-state index is 0. The van der Waals surface area contributed by atoms with E-state index in [9.17, 15) is 0 Å². The van der Waals surface area contributed by atoms with Gasteiger partial charge in [0.25, 0.3) is 0 Å². The SMILES string of the molecule is [Ir].[c-]1ccccc1-c1ccccn1.[c-]1ccccc1-c1nc2nnncc2n1-c1ccccc1. The molecular weight excluding hydrogens is 601 g/mol. The first-order chi connectivity index (χ1) is 16.4. The molecule has 167 valence electrons. The zero-order valence-corrected chi connectivity index (χ0v) is 20.3. The molecule has 1 radical (unpaired) electrons. The van der Waals surface area contributed by atoms with Crippen molar-refractivity contribution >= 4 is 11.2 Å². The van der Waals surface area contributed by atoms with E-state index in [2.05, 4.69) is 37.5 Å². The second kappa shape index (κ2) is 11.2. The molecule has 0 aliphatic heterocycles. The molecule has 0 amide bonds. The third-order valence-electron chi connectivity index (χ3n) is 4.88. The van der Waals surface area contributed by atoms with E-state index in [0.29, 0.717) is 5.65 Å². The third-order valence-corrected chi connectivity index (χ3v) is 4.88. The van der Waals surface area contributed by atoms with E-state index in [1.807, 2.05) is 102 Å². The van der Waals surface area contributed by atoms with E-state index in [-0.39, 0.29) is 20.1 Å². The van der Waals surface area contributed by atoms with Crippen LogP contribution < -0.4 is 0 Å². The van der Waals surface area contributed by atoms with Gasteiger partial charge in [-0.3, -0.25) is 4.98 Å². The number of para-hydroxylation sites is 1. The summed E-state index contributed by atoms with van der Waals surface area (Å²) in [5.74, 6) is 0.777. The maximum Gasteiger partial charge on any atom is 0.194 e. The molecule has 3 heterocycles. The second-order valence-corrected chi connectivity index (χ2v) is 7.02. The second-order valence-electron chi connectivity index (χ2n) is 7.02. The van der Waals surface area contributed by atoms with Crippen molar-refractivity contribution in [3.8, 4) is 28.3 Å². The first-order valence-corrected chi connectivity index (χ1v) is 10.4. The van der Waals surface area contributed by atoms with Gasteiger partial charge < -0.3 is 9.55 Å². The van der Waals surface area contributed by atoms with E-state index in [0.717, 1.165) is 33.8 Å². The van der Waals surface area contributed by atoms with E-state index in [1.54, 1.807) is 12.4 Å². The number of benzene rings is 3. The maximum absolute atomic E-state index is 4.58. The maximum atomic E-state index is 4.58. The van der Waals surface area contributed by atoms with Crippen molar-refractivity contribution < 1.29 is 20.1 Å². The Labute approximate surface area is 210 Å². The summed E-state index contributed by atoms with van der Waals surface area (Å²) in [6.07, 6.45) is 3.46. The molecule has 0 bridgehead atoms. The van der Waals surface area contributed by atoms with Gasteiger partial charge in [-0.05, 0) is 29.1 Å². The molecule has 0 aliphatic rings. The van der Waals surface area contributed by atoms with Crippen LogP contribution >= 0.6 is 0 Å². The van der Waals surface area contributed by atoms with Gasteiger partial charge >= 0.3 is 0 Å². The molecule has 0 fully saturated rings. The van der Waals surface area contributed by atoms with E-state index < -0.39 is 0 Å². The molecule has 6 rings (SSSR count). The van der Waals surface area contributed by atoms with Crippen LogP contribution in [0.1, 0.15) is 0 Å². The zero-order valence-electron chi connectivity index (χ0n) is 17.9. The zero-order chi connectivity index (χ0) is 22.3. The van der Waals surface area contributed by atoms with Crippen molar-refractivity contribution in [1.82, 2.24) is 29.9 Å². The van der Waals surface area contributed by atoms with Crippen molar-refractivity contribution in [3.63, 3.8) is 0 Å². The molecule has 7 heteroatoms. The van der Waals surface area contributed by atoms with Crippen molar-refractivity contribution in [2.45, 2.75) is 0 Å². The topological polar surface area (TPSA) is 69.4 Å². The smallest absolute Gasteiger partial charge is 0.194 e. The van der Waals surface area contributed by atoms with Crippen molar-refractivity contribution in [2.24, 2.45) is 0 Å². The molecule has 6 aromatic rings. The molecule has 3 aromatic heterocycles. The summed E-state index contributed by atoms with van der Waals surface area (Å²) in [6.45, 7) is 0. The van der Waals surface area contributed by atoms with E-state index in [1.165, 1.54) is 0 Å². The van der Waals surface area contributed by atoms with Gasteiger partial charge in [0.1, 0.15) is 5.52 Å². The van der Waals surface area contributed by atoms with Crippen LogP contribution in [0.5, 0.6) is 0 Å². The van der Waals surface area contributed by atoms with Crippen LogP contribution in [0.25, 0.3) is 39.5 Å². The van der Waals surface area contributed by atoms with Gasteiger partial charge in [-0.15, -0.1) is 82.0 Å². The third kappa shape index (κ3) is 5.12. The number of pyridine rings is 1. The van der Waals surface area contributed by atoms with E-state index >= 15 is 0 Å². The summed E-state index contributed by atoms with van der Waals surface area (Å²) < 4.78 is 2.02.